The largest absolute Gasteiger partial charge is 0.338 e. The molecule has 7 heteroatoms. The van der Waals surface area contributed by atoms with Gasteiger partial charge >= 0.3 is 0 Å². The fraction of sp³-hybridized carbons (Fsp3) is 0.714. The lowest BCUT2D eigenvalue weighted by molar-refractivity contribution is 0.0791. The number of rotatable bonds is 4. The number of nitrogens with zero attached hydrogens (tertiary/aromatic N) is 2. The van der Waals surface area contributed by atoms with Crippen LogP contribution in [0.4, 0.5) is 0 Å². The van der Waals surface area contributed by atoms with Crippen LogP contribution in [0.1, 0.15) is 40.6 Å². The van der Waals surface area contributed by atoms with E-state index in [1.54, 1.807) is 11.3 Å². The summed E-state index contributed by atoms with van der Waals surface area (Å²) in [5, 5.41) is 1.07. The smallest absolute Gasteiger partial charge is 0.265 e. The van der Waals surface area contributed by atoms with Gasteiger partial charge in [-0.3, -0.25) is 4.79 Å². The Morgan fingerprint density at radius 3 is 2.67 bits per heavy atom. The van der Waals surface area contributed by atoms with Crippen molar-refractivity contribution in [1.29, 1.82) is 0 Å². The second-order valence-corrected chi connectivity index (χ2v) is 6.85. The number of hydrogen-bond donors (Lipinski definition) is 1. The van der Waals surface area contributed by atoms with Gasteiger partial charge < -0.3 is 10.6 Å². The van der Waals surface area contributed by atoms with Crippen LogP contribution in [0.25, 0.3) is 0 Å². The predicted molar refractivity (Wildman–Crippen MR) is 93.0 cm³/mol. The number of thiazole rings is 1. The van der Waals surface area contributed by atoms with E-state index in [1.807, 2.05) is 11.8 Å². The molecule has 1 atom stereocenters. The number of amides is 1. The minimum atomic E-state index is 0. The lowest BCUT2D eigenvalue weighted by Crippen LogP contribution is -2.29. The molecule has 21 heavy (non-hydrogen) atoms. The van der Waals surface area contributed by atoms with Crippen molar-refractivity contribution in [3.05, 3.63) is 15.6 Å². The molecule has 1 aromatic rings. The first kappa shape index (κ1) is 20.6. The topological polar surface area (TPSA) is 59.2 Å². The molecule has 2 rings (SSSR count). The molecule has 1 amide bonds. The maximum atomic E-state index is 12.5. The normalized spacial score (nSPS) is 17.6. The lowest BCUT2D eigenvalue weighted by Gasteiger charge is -2.15. The maximum Gasteiger partial charge on any atom is 0.265 e. The molecule has 1 saturated heterocycles. The second kappa shape index (κ2) is 8.93. The van der Waals surface area contributed by atoms with Crippen LogP contribution >= 0.6 is 36.2 Å². The highest BCUT2D eigenvalue weighted by molar-refractivity contribution is 7.13. The summed E-state index contributed by atoms with van der Waals surface area (Å²) in [5.41, 5.74) is 6.55. The summed E-state index contributed by atoms with van der Waals surface area (Å²) >= 11 is 1.56. The Bertz CT molecular complexity index is 465. The van der Waals surface area contributed by atoms with Crippen molar-refractivity contribution in [1.82, 2.24) is 9.88 Å². The van der Waals surface area contributed by atoms with Gasteiger partial charge in [0.2, 0.25) is 0 Å². The lowest BCUT2D eigenvalue weighted by atomic mass is 10.1. The van der Waals surface area contributed by atoms with Gasteiger partial charge in [0.1, 0.15) is 4.88 Å². The molecule has 1 unspecified atom stereocenters. The van der Waals surface area contributed by atoms with Crippen molar-refractivity contribution < 1.29 is 4.79 Å². The van der Waals surface area contributed by atoms with E-state index in [4.69, 9.17) is 5.73 Å². The minimum absolute atomic E-state index is 0. The molecule has 1 aliphatic rings. The predicted octanol–water partition coefficient (Wildman–Crippen LogP) is 2.91. The summed E-state index contributed by atoms with van der Waals surface area (Å²) in [6.45, 7) is 8.58. The minimum Gasteiger partial charge on any atom is -0.338 e. The molecule has 1 aromatic heterocycles. The molecular weight excluding hydrogens is 329 g/mol. The van der Waals surface area contributed by atoms with Gasteiger partial charge in [-0.1, -0.05) is 13.8 Å². The van der Waals surface area contributed by atoms with Crippen LogP contribution in [0, 0.1) is 18.8 Å². The first-order valence-electron chi connectivity index (χ1n) is 6.97. The summed E-state index contributed by atoms with van der Waals surface area (Å²) in [5.74, 6) is 1.18. The van der Waals surface area contributed by atoms with Gasteiger partial charge in [-0.25, -0.2) is 4.98 Å². The molecule has 0 bridgehead atoms. The Labute approximate surface area is 143 Å². The highest BCUT2D eigenvalue weighted by atomic mass is 35.5. The number of aryl methyl sites for hydroxylation is 1. The molecule has 0 aliphatic carbocycles. The van der Waals surface area contributed by atoms with Crippen LogP contribution in [0.5, 0.6) is 0 Å². The van der Waals surface area contributed by atoms with Crippen molar-refractivity contribution in [3.8, 4) is 0 Å². The van der Waals surface area contributed by atoms with Gasteiger partial charge in [-0.2, -0.15) is 0 Å². The zero-order chi connectivity index (χ0) is 14.0. The fourth-order valence-electron chi connectivity index (χ4n) is 2.44. The maximum absolute atomic E-state index is 12.5. The number of hydrogen-bond acceptors (Lipinski definition) is 4. The number of carbonyl (C=O) groups excluding carboxylic acids is 1. The molecule has 122 valence electrons. The van der Waals surface area contributed by atoms with E-state index < -0.39 is 0 Å². The molecule has 0 aromatic carbocycles. The van der Waals surface area contributed by atoms with Gasteiger partial charge in [-0.15, -0.1) is 36.2 Å². The number of aromatic nitrogens is 1. The summed E-state index contributed by atoms with van der Waals surface area (Å²) < 4.78 is 0. The van der Waals surface area contributed by atoms with E-state index in [-0.39, 0.29) is 30.7 Å². The highest BCUT2D eigenvalue weighted by Crippen LogP contribution is 2.25. The summed E-state index contributed by atoms with van der Waals surface area (Å²) in [7, 11) is 0. The molecule has 0 spiro atoms. The first-order valence-corrected chi connectivity index (χ1v) is 7.78. The number of likely N-dealkylation sites (tertiary alicyclic amines) is 1. The molecule has 4 nitrogen and oxygen atoms in total. The fourth-order valence-corrected chi connectivity index (χ4v) is 3.69. The molecule has 0 radical (unpaired) electrons. The van der Waals surface area contributed by atoms with E-state index in [9.17, 15) is 4.79 Å². The summed E-state index contributed by atoms with van der Waals surface area (Å²) in [6, 6.07) is 0. The molecule has 1 fully saturated rings. The van der Waals surface area contributed by atoms with Gasteiger partial charge in [0.15, 0.2) is 0 Å². The van der Waals surface area contributed by atoms with Crippen molar-refractivity contribution in [3.63, 3.8) is 0 Å². The van der Waals surface area contributed by atoms with E-state index in [0.717, 1.165) is 41.5 Å². The third-order valence-electron chi connectivity index (χ3n) is 3.52. The Balaban J connectivity index is 0.00000200. The molecular formula is C14H25Cl2N3OS. The third kappa shape index (κ3) is 5.09. The van der Waals surface area contributed by atoms with Crippen molar-refractivity contribution >= 4 is 42.1 Å². The SMILES string of the molecule is Cc1nc(CC(C)C)sc1C(=O)N1CCC(CN)C1.Cl.Cl. The Morgan fingerprint density at radius 1 is 1.48 bits per heavy atom. The summed E-state index contributed by atoms with van der Waals surface area (Å²) in [4.78, 5) is 19.8. The molecule has 1 aliphatic heterocycles. The zero-order valence-corrected chi connectivity index (χ0v) is 15.2. The number of halogens is 2. The first-order chi connectivity index (χ1) is 9.01. The van der Waals surface area contributed by atoms with Crippen molar-refractivity contribution in [2.45, 2.75) is 33.6 Å². The zero-order valence-electron chi connectivity index (χ0n) is 12.8. The van der Waals surface area contributed by atoms with E-state index in [1.165, 1.54) is 0 Å². The second-order valence-electron chi connectivity index (χ2n) is 5.76. The number of nitrogens with two attached hydrogens (primary N) is 1. The average Bonchev–Trinajstić information content (AvgIpc) is 2.94. The van der Waals surface area contributed by atoms with Gasteiger partial charge in [0.25, 0.3) is 5.91 Å². The Hall–Kier alpha value is -0.360. The Morgan fingerprint density at radius 2 is 2.14 bits per heavy atom. The van der Waals surface area contributed by atoms with Crippen LogP contribution in [-0.4, -0.2) is 35.4 Å². The van der Waals surface area contributed by atoms with E-state index in [2.05, 4.69) is 18.8 Å². The highest BCUT2D eigenvalue weighted by Gasteiger charge is 2.28. The van der Waals surface area contributed by atoms with E-state index in [0.29, 0.717) is 18.4 Å². The average molecular weight is 354 g/mol. The van der Waals surface area contributed by atoms with Crippen LogP contribution in [0.3, 0.4) is 0 Å². The van der Waals surface area contributed by atoms with Crippen LogP contribution in [0.15, 0.2) is 0 Å². The molecule has 2 heterocycles. The van der Waals surface area contributed by atoms with E-state index >= 15 is 0 Å². The van der Waals surface area contributed by atoms with Crippen LogP contribution < -0.4 is 5.73 Å². The van der Waals surface area contributed by atoms with Crippen molar-refractivity contribution in [2.75, 3.05) is 19.6 Å². The van der Waals surface area contributed by atoms with Gasteiger partial charge in [-0.05, 0) is 31.7 Å². The van der Waals surface area contributed by atoms with Crippen LogP contribution in [0.2, 0.25) is 0 Å². The van der Waals surface area contributed by atoms with Crippen LogP contribution in [-0.2, 0) is 6.42 Å². The van der Waals surface area contributed by atoms with Gasteiger partial charge in [0, 0.05) is 19.5 Å². The quantitative estimate of drug-likeness (QED) is 0.904. The third-order valence-corrected chi connectivity index (χ3v) is 4.69. The Kier molecular flexibility index (Phi) is 8.78. The van der Waals surface area contributed by atoms with Gasteiger partial charge in [0.05, 0.1) is 10.7 Å². The summed E-state index contributed by atoms with van der Waals surface area (Å²) in [6.07, 6.45) is 1.98. The molecule has 0 saturated carbocycles. The number of carbonyl (C=O) groups is 1. The standard InChI is InChI=1S/C14H23N3OS.2ClH/c1-9(2)6-12-16-10(3)13(19-12)14(18)17-5-4-11(7-15)8-17;;/h9,11H,4-8,15H2,1-3H3;2*1H. The monoisotopic (exact) mass is 353 g/mol. The molecule has 2 N–H and O–H groups in total. The van der Waals surface area contributed by atoms with Crippen molar-refractivity contribution in [2.24, 2.45) is 17.6 Å².